The topological polar surface area (TPSA) is 27.1 Å². The van der Waals surface area contributed by atoms with Crippen LogP contribution >= 0.6 is 0 Å². The number of aryl methyl sites for hydroxylation is 1. The number of allylic oxidation sites excluding steroid dienone is 1. The molecule has 0 amide bonds. The molecule has 0 spiro atoms. The SMILES string of the molecule is C=CCc1ccccc1OCc1nc2ccccc2n1CCCCCCC. The molecule has 0 aliphatic rings. The average Bonchev–Trinajstić information content (AvgIpc) is 3.05. The van der Waals surface area contributed by atoms with Crippen LogP contribution in [0.15, 0.2) is 61.2 Å². The second-order valence-electron chi connectivity index (χ2n) is 6.97. The minimum absolute atomic E-state index is 0.484. The molecule has 0 aliphatic carbocycles. The van der Waals surface area contributed by atoms with Gasteiger partial charge in [0.05, 0.1) is 11.0 Å². The highest BCUT2D eigenvalue weighted by molar-refractivity contribution is 5.75. The summed E-state index contributed by atoms with van der Waals surface area (Å²) < 4.78 is 8.49. The molecule has 0 bridgehead atoms. The van der Waals surface area contributed by atoms with Crippen LogP contribution in [0.2, 0.25) is 0 Å². The number of hydrogen-bond donors (Lipinski definition) is 0. The van der Waals surface area contributed by atoms with Crippen LogP contribution in [0, 0.1) is 0 Å². The Labute approximate surface area is 162 Å². The molecule has 0 atom stereocenters. The summed E-state index contributed by atoms with van der Waals surface area (Å²) in [5.74, 6) is 1.92. The first-order chi connectivity index (χ1) is 13.3. The van der Waals surface area contributed by atoms with Crippen LogP contribution in [0.5, 0.6) is 5.75 Å². The second kappa shape index (κ2) is 9.96. The van der Waals surface area contributed by atoms with Crippen molar-refractivity contribution in [3.05, 3.63) is 72.6 Å². The van der Waals surface area contributed by atoms with Gasteiger partial charge in [-0.25, -0.2) is 4.98 Å². The summed E-state index contributed by atoms with van der Waals surface area (Å²) in [6, 6.07) is 16.5. The van der Waals surface area contributed by atoms with E-state index in [1.165, 1.54) is 37.6 Å². The zero-order valence-electron chi connectivity index (χ0n) is 16.4. The largest absolute Gasteiger partial charge is 0.485 e. The Morgan fingerprint density at radius 2 is 1.78 bits per heavy atom. The van der Waals surface area contributed by atoms with Gasteiger partial charge >= 0.3 is 0 Å². The molecule has 3 rings (SSSR count). The standard InChI is InChI=1S/C24H30N2O/c1-3-5-6-7-12-18-26-22-16-10-9-15-21(22)25-24(26)19-27-23-17-11-8-14-20(23)13-4-2/h4,8-11,14-17H,2-3,5-7,12-13,18-19H2,1H3. The summed E-state index contributed by atoms with van der Waals surface area (Å²) in [5, 5.41) is 0. The molecule has 0 fully saturated rings. The lowest BCUT2D eigenvalue weighted by Gasteiger charge is -2.12. The number of para-hydroxylation sites is 3. The maximum Gasteiger partial charge on any atom is 0.147 e. The summed E-state index contributed by atoms with van der Waals surface area (Å²) in [5.41, 5.74) is 3.41. The van der Waals surface area contributed by atoms with Crippen LogP contribution in [-0.4, -0.2) is 9.55 Å². The molecule has 0 unspecified atom stereocenters. The van der Waals surface area contributed by atoms with Gasteiger partial charge in [0, 0.05) is 6.54 Å². The lowest BCUT2D eigenvalue weighted by atomic mass is 10.1. The first-order valence-electron chi connectivity index (χ1n) is 10.1. The number of hydrogen-bond acceptors (Lipinski definition) is 2. The lowest BCUT2D eigenvalue weighted by Crippen LogP contribution is -2.08. The minimum atomic E-state index is 0.484. The normalized spacial score (nSPS) is 11.0. The number of imidazole rings is 1. The van der Waals surface area contributed by atoms with Gasteiger partial charge in [-0.2, -0.15) is 0 Å². The Morgan fingerprint density at radius 3 is 2.63 bits per heavy atom. The fraction of sp³-hybridized carbons (Fsp3) is 0.375. The average molecular weight is 363 g/mol. The fourth-order valence-corrected chi connectivity index (χ4v) is 3.47. The molecule has 3 aromatic rings. The Balaban J connectivity index is 1.75. The third-order valence-corrected chi connectivity index (χ3v) is 4.91. The highest BCUT2D eigenvalue weighted by Gasteiger charge is 2.11. The van der Waals surface area contributed by atoms with Gasteiger partial charge in [0.25, 0.3) is 0 Å². The van der Waals surface area contributed by atoms with Crippen LogP contribution < -0.4 is 4.74 Å². The van der Waals surface area contributed by atoms with E-state index in [1.54, 1.807) is 0 Å². The molecular formula is C24H30N2O. The van der Waals surface area contributed by atoms with Crippen LogP contribution in [-0.2, 0) is 19.6 Å². The Hall–Kier alpha value is -2.55. The molecule has 27 heavy (non-hydrogen) atoms. The number of benzene rings is 2. The molecule has 3 nitrogen and oxygen atoms in total. The molecular weight excluding hydrogens is 332 g/mol. The van der Waals surface area contributed by atoms with E-state index in [2.05, 4.69) is 42.3 Å². The predicted molar refractivity (Wildman–Crippen MR) is 113 cm³/mol. The fourth-order valence-electron chi connectivity index (χ4n) is 3.47. The lowest BCUT2D eigenvalue weighted by molar-refractivity contribution is 0.287. The predicted octanol–water partition coefficient (Wildman–Crippen LogP) is 6.31. The summed E-state index contributed by atoms with van der Waals surface area (Å²) in [7, 11) is 0. The monoisotopic (exact) mass is 362 g/mol. The molecule has 1 heterocycles. The van der Waals surface area contributed by atoms with Crippen molar-refractivity contribution < 1.29 is 4.74 Å². The Kier molecular flexibility index (Phi) is 7.09. The summed E-state index contributed by atoms with van der Waals surface area (Å²) in [6.45, 7) is 7.58. The van der Waals surface area contributed by atoms with E-state index in [0.29, 0.717) is 6.61 Å². The van der Waals surface area contributed by atoms with E-state index in [1.807, 2.05) is 30.3 Å². The highest BCUT2D eigenvalue weighted by Crippen LogP contribution is 2.22. The number of ether oxygens (including phenoxy) is 1. The van der Waals surface area contributed by atoms with Gasteiger partial charge in [-0.3, -0.25) is 0 Å². The van der Waals surface area contributed by atoms with Gasteiger partial charge in [0.15, 0.2) is 0 Å². The van der Waals surface area contributed by atoms with E-state index in [4.69, 9.17) is 9.72 Å². The van der Waals surface area contributed by atoms with Gasteiger partial charge < -0.3 is 9.30 Å². The van der Waals surface area contributed by atoms with Gasteiger partial charge in [-0.1, -0.05) is 69.0 Å². The van der Waals surface area contributed by atoms with E-state index < -0.39 is 0 Å². The first-order valence-corrected chi connectivity index (χ1v) is 10.1. The molecule has 1 aromatic heterocycles. The van der Waals surface area contributed by atoms with Crippen LogP contribution in [0.1, 0.15) is 50.4 Å². The van der Waals surface area contributed by atoms with Crippen molar-refractivity contribution in [1.29, 1.82) is 0 Å². The van der Waals surface area contributed by atoms with Crippen LogP contribution in [0.4, 0.5) is 0 Å². The van der Waals surface area contributed by atoms with Crippen LogP contribution in [0.3, 0.4) is 0 Å². The quantitative estimate of drug-likeness (QED) is 0.295. The number of rotatable bonds is 11. The Morgan fingerprint density at radius 1 is 1.00 bits per heavy atom. The minimum Gasteiger partial charge on any atom is -0.485 e. The van der Waals surface area contributed by atoms with Gasteiger partial charge in [-0.05, 0) is 36.6 Å². The van der Waals surface area contributed by atoms with Crippen molar-refractivity contribution in [2.45, 2.75) is 58.6 Å². The van der Waals surface area contributed by atoms with Gasteiger partial charge in [-0.15, -0.1) is 6.58 Å². The summed E-state index contributed by atoms with van der Waals surface area (Å²) in [6.07, 6.45) is 9.07. The maximum atomic E-state index is 6.16. The van der Waals surface area contributed by atoms with Crippen molar-refractivity contribution >= 4 is 11.0 Å². The van der Waals surface area contributed by atoms with Crippen molar-refractivity contribution in [3.8, 4) is 5.75 Å². The Bertz CT molecular complexity index is 866. The molecule has 0 N–H and O–H groups in total. The van der Waals surface area contributed by atoms with Crippen molar-refractivity contribution in [2.24, 2.45) is 0 Å². The number of fused-ring (bicyclic) bond motifs is 1. The highest BCUT2D eigenvalue weighted by atomic mass is 16.5. The van der Waals surface area contributed by atoms with Crippen LogP contribution in [0.25, 0.3) is 11.0 Å². The smallest absolute Gasteiger partial charge is 0.147 e. The number of aromatic nitrogens is 2. The van der Waals surface area contributed by atoms with Crippen molar-refractivity contribution in [3.63, 3.8) is 0 Å². The first kappa shape index (κ1) is 19.2. The molecule has 0 saturated heterocycles. The molecule has 0 aliphatic heterocycles. The van der Waals surface area contributed by atoms with Crippen molar-refractivity contribution in [2.75, 3.05) is 0 Å². The molecule has 2 aromatic carbocycles. The van der Waals surface area contributed by atoms with Gasteiger partial charge in [0.2, 0.25) is 0 Å². The van der Waals surface area contributed by atoms with Crippen molar-refractivity contribution in [1.82, 2.24) is 9.55 Å². The number of unbranched alkanes of at least 4 members (excludes halogenated alkanes) is 4. The third kappa shape index (κ3) is 5.00. The van der Waals surface area contributed by atoms with E-state index >= 15 is 0 Å². The number of nitrogens with zero attached hydrogens (tertiary/aromatic N) is 2. The summed E-state index contributed by atoms with van der Waals surface area (Å²) >= 11 is 0. The molecule has 3 heteroatoms. The molecule has 0 saturated carbocycles. The second-order valence-corrected chi connectivity index (χ2v) is 6.97. The molecule has 142 valence electrons. The van der Waals surface area contributed by atoms with Gasteiger partial charge in [0.1, 0.15) is 18.2 Å². The van der Waals surface area contributed by atoms with E-state index in [9.17, 15) is 0 Å². The van der Waals surface area contributed by atoms with E-state index in [0.717, 1.165) is 35.6 Å². The zero-order valence-corrected chi connectivity index (χ0v) is 16.4. The third-order valence-electron chi connectivity index (χ3n) is 4.91. The van der Waals surface area contributed by atoms with E-state index in [-0.39, 0.29) is 0 Å². The molecule has 0 radical (unpaired) electrons. The maximum absolute atomic E-state index is 6.16. The summed E-state index contributed by atoms with van der Waals surface area (Å²) in [4.78, 5) is 4.84. The zero-order chi connectivity index (χ0) is 18.9.